The molecule has 1 rings (SSSR count). The van der Waals surface area contributed by atoms with Gasteiger partial charge < -0.3 is 15.5 Å². The molecule has 0 aromatic heterocycles. The first kappa shape index (κ1) is 11.8. The molecule has 0 saturated carbocycles. The minimum Gasteiger partial charge on any atom is -0.323 e. The summed E-state index contributed by atoms with van der Waals surface area (Å²) in [6, 6.07) is 3.76. The SMILES string of the molecule is NC(c1cc(Br)ccc1F)P(=O)(O)O. The maximum Gasteiger partial charge on any atom is 0.346 e. The molecule has 1 aromatic rings. The van der Waals surface area contributed by atoms with E-state index >= 15 is 0 Å². The average Bonchev–Trinajstić information content (AvgIpc) is 2.06. The fraction of sp³-hybridized carbons (Fsp3) is 0.143. The number of halogens is 2. The molecule has 1 aromatic carbocycles. The van der Waals surface area contributed by atoms with Crippen LogP contribution in [0.2, 0.25) is 0 Å². The van der Waals surface area contributed by atoms with Crippen LogP contribution in [0, 0.1) is 5.82 Å². The third-order valence-electron chi connectivity index (χ3n) is 1.64. The van der Waals surface area contributed by atoms with Crippen LogP contribution in [0.3, 0.4) is 0 Å². The Morgan fingerprint density at radius 1 is 1.50 bits per heavy atom. The minimum absolute atomic E-state index is 0.201. The van der Waals surface area contributed by atoms with Crippen molar-refractivity contribution in [3.63, 3.8) is 0 Å². The standard InChI is InChI=1S/C7H8BrFNO3P/c8-4-1-2-6(9)5(3-4)7(10)14(11,12)13/h1-3,7H,10H2,(H2,11,12,13). The summed E-state index contributed by atoms with van der Waals surface area (Å²) >= 11 is 3.06. The smallest absolute Gasteiger partial charge is 0.323 e. The number of rotatable bonds is 2. The molecule has 0 fully saturated rings. The molecule has 0 saturated heterocycles. The zero-order valence-electron chi connectivity index (χ0n) is 6.89. The summed E-state index contributed by atoms with van der Waals surface area (Å²) in [5.74, 6) is -2.36. The van der Waals surface area contributed by atoms with Crippen LogP contribution in [0.25, 0.3) is 0 Å². The van der Waals surface area contributed by atoms with Gasteiger partial charge in [0.1, 0.15) is 11.6 Å². The highest BCUT2D eigenvalue weighted by atomic mass is 79.9. The molecule has 0 spiro atoms. The molecule has 0 aliphatic heterocycles. The first-order valence-electron chi connectivity index (χ1n) is 3.58. The lowest BCUT2D eigenvalue weighted by Gasteiger charge is -2.14. The van der Waals surface area contributed by atoms with Crippen molar-refractivity contribution in [1.82, 2.24) is 0 Å². The van der Waals surface area contributed by atoms with Crippen LogP contribution < -0.4 is 5.73 Å². The Labute approximate surface area is 88.2 Å². The van der Waals surface area contributed by atoms with Gasteiger partial charge in [0.2, 0.25) is 0 Å². The molecule has 4 nitrogen and oxygen atoms in total. The van der Waals surface area contributed by atoms with Gasteiger partial charge in [-0.3, -0.25) is 4.57 Å². The van der Waals surface area contributed by atoms with Crippen LogP contribution >= 0.6 is 23.5 Å². The first-order chi connectivity index (χ1) is 6.32. The third-order valence-corrected chi connectivity index (χ3v) is 3.14. The highest BCUT2D eigenvalue weighted by Gasteiger charge is 2.28. The van der Waals surface area contributed by atoms with Crippen LogP contribution in [0.5, 0.6) is 0 Å². The fourth-order valence-electron chi connectivity index (χ4n) is 0.922. The van der Waals surface area contributed by atoms with Gasteiger partial charge >= 0.3 is 7.60 Å². The second kappa shape index (κ2) is 4.08. The molecule has 0 radical (unpaired) electrons. The quantitative estimate of drug-likeness (QED) is 0.722. The summed E-state index contributed by atoms with van der Waals surface area (Å²) in [5, 5.41) is 0. The van der Waals surface area contributed by atoms with E-state index in [4.69, 9.17) is 15.5 Å². The van der Waals surface area contributed by atoms with Crippen LogP contribution in [0.15, 0.2) is 22.7 Å². The molecule has 0 bridgehead atoms. The van der Waals surface area contributed by atoms with E-state index in [1.165, 1.54) is 12.1 Å². The van der Waals surface area contributed by atoms with Crippen molar-refractivity contribution in [2.24, 2.45) is 5.73 Å². The van der Waals surface area contributed by atoms with Gasteiger partial charge in [0, 0.05) is 10.0 Å². The highest BCUT2D eigenvalue weighted by Crippen LogP contribution is 2.48. The summed E-state index contributed by atoms with van der Waals surface area (Å²) in [6.45, 7) is 0. The Morgan fingerprint density at radius 3 is 2.57 bits per heavy atom. The summed E-state index contributed by atoms with van der Waals surface area (Å²) in [4.78, 5) is 17.5. The zero-order valence-corrected chi connectivity index (χ0v) is 9.37. The lowest BCUT2D eigenvalue weighted by Crippen LogP contribution is -2.12. The summed E-state index contributed by atoms with van der Waals surface area (Å²) in [6.07, 6.45) is 0. The molecule has 14 heavy (non-hydrogen) atoms. The second-order valence-electron chi connectivity index (χ2n) is 2.70. The Balaban J connectivity index is 3.19. The van der Waals surface area contributed by atoms with Crippen molar-refractivity contribution < 1.29 is 18.7 Å². The van der Waals surface area contributed by atoms with Crippen LogP contribution in [0.1, 0.15) is 11.3 Å². The van der Waals surface area contributed by atoms with Gasteiger partial charge in [-0.1, -0.05) is 15.9 Å². The second-order valence-corrected chi connectivity index (χ2v) is 5.35. The molecule has 0 heterocycles. The van der Waals surface area contributed by atoms with E-state index in [9.17, 15) is 8.96 Å². The topological polar surface area (TPSA) is 83.6 Å². The van der Waals surface area contributed by atoms with E-state index in [1.807, 2.05) is 0 Å². The van der Waals surface area contributed by atoms with Gasteiger partial charge in [0.05, 0.1) is 0 Å². The lowest BCUT2D eigenvalue weighted by molar-refractivity contribution is 0.358. The van der Waals surface area contributed by atoms with Crippen molar-refractivity contribution in [3.05, 3.63) is 34.1 Å². The van der Waals surface area contributed by atoms with Gasteiger partial charge in [-0.2, -0.15) is 0 Å². The van der Waals surface area contributed by atoms with E-state index in [-0.39, 0.29) is 5.56 Å². The molecule has 78 valence electrons. The molecule has 4 N–H and O–H groups in total. The first-order valence-corrected chi connectivity index (χ1v) is 6.05. The summed E-state index contributed by atoms with van der Waals surface area (Å²) < 4.78 is 24.4. The maximum absolute atomic E-state index is 13.1. The summed E-state index contributed by atoms with van der Waals surface area (Å²) in [7, 11) is -4.51. The highest BCUT2D eigenvalue weighted by molar-refractivity contribution is 9.10. The summed E-state index contributed by atoms with van der Waals surface area (Å²) in [5.41, 5.74) is 5.02. The van der Waals surface area contributed by atoms with Gasteiger partial charge in [0.25, 0.3) is 0 Å². The normalized spacial score (nSPS) is 14.1. The number of nitrogens with two attached hydrogens (primary N) is 1. The zero-order chi connectivity index (χ0) is 10.9. The largest absolute Gasteiger partial charge is 0.346 e. The van der Waals surface area contributed by atoms with E-state index in [0.29, 0.717) is 4.47 Å². The molecule has 1 unspecified atom stereocenters. The predicted octanol–water partition coefficient (Wildman–Crippen LogP) is 1.72. The van der Waals surface area contributed by atoms with Crippen LogP contribution in [-0.4, -0.2) is 9.79 Å². The van der Waals surface area contributed by atoms with E-state index in [1.54, 1.807) is 0 Å². The van der Waals surface area contributed by atoms with Crippen molar-refractivity contribution in [3.8, 4) is 0 Å². The maximum atomic E-state index is 13.1. The molecular weight excluding hydrogens is 276 g/mol. The number of hydrogen-bond acceptors (Lipinski definition) is 2. The van der Waals surface area contributed by atoms with Crippen molar-refractivity contribution in [2.75, 3.05) is 0 Å². The monoisotopic (exact) mass is 283 g/mol. The molecule has 0 aliphatic carbocycles. The van der Waals surface area contributed by atoms with Gasteiger partial charge in [-0.25, -0.2) is 4.39 Å². The molecule has 7 heteroatoms. The lowest BCUT2D eigenvalue weighted by atomic mass is 10.2. The van der Waals surface area contributed by atoms with Gasteiger partial charge in [-0.05, 0) is 18.2 Å². The average molecular weight is 284 g/mol. The minimum atomic E-state index is -4.51. The van der Waals surface area contributed by atoms with E-state index in [2.05, 4.69) is 15.9 Å². The van der Waals surface area contributed by atoms with Crippen LogP contribution in [0.4, 0.5) is 4.39 Å². The van der Waals surface area contributed by atoms with Crippen LogP contribution in [-0.2, 0) is 4.57 Å². The van der Waals surface area contributed by atoms with Crippen molar-refractivity contribution in [1.29, 1.82) is 0 Å². The number of benzene rings is 1. The fourth-order valence-corrected chi connectivity index (χ4v) is 1.86. The molecular formula is C7H8BrFNO3P. The molecule has 0 amide bonds. The Kier molecular flexibility index (Phi) is 3.44. The van der Waals surface area contributed by atoms with Crippen molar-refractivity contribution in [2.45, 2.75) is 5.78 Å². The Bertz CT molecular complexity index is 395. The molecule has 0 aliphatic rings. The predicted molar refractivity (Wildman–Crippen MR) is 53.1 cm³/mol. The molecule has 1 atom stereocenters. The Morgan fingerprint density at radius 2 is 2.07 bits per heavy atom. The van der Waals surface area contributed by atoms with E-state index in [0.717, 1.165) is 6.07 Å². The van der Waals surface area contributed by atoms with Crippen molar-refractivity contribution >= 4 is 23.5 Å². The van der Waals surface area contributed by atoms with E-state index < -0.39 is 19.2 Å². The number of hydrogen-bond donors (Lipinski definition) is 3. The van der Waals surface area contributed by atoms with Gasteiger partial charge in [-0.15, -0.1) is 0 Å². The van der Waals surface area contributed by atoms with Gasteiger partial charge in [0.15, 0.2) is 0 Å². The third kappa shape index (κ3) is 2.62. The Hall–Kier alpha value is -0.260.